The van der Waals surface area contributed by atoms with Crippen molar-refractivity contribution >= 4 is 11.9 Å². The van der Waals surface area contributed by atoms with Gasteiger partial charge in [-0.15, -0.1) is 0 Å². The second kappa shape index (κ2) is 11.1. The molecule has 30 heavy (non-hydrogen) atoms. The number of esters is 1. The highest BCUT2D eigenvalue weighted by atomic mass is 16.5. The zero-order chi connectivity index (χ0) is 22.1. The fourth-order valence-corrected chi connectivity index (χ4v) is 3.06. The maximum Gasteiger partial charge on any atom is 0.328 e. The summed E-state index contributed by atoms with van der Waals surface area (Å²) in [5.41, 5.74) is 1.23. The molecule has 0 bridgehead atoms. The van der Waals surface area contributed by atoms with Crippen molar-refractivity contribution in [2.45, 2.75) is 32.2 Å². The molecule has 0 aliphatic carbocycles. The molecule has 1 amide bonds. The summed E-state index contributed by atoms with van der Waals surface area (Å²) in [4.78, 5) is 24.8. The number of carbonyl (C=O) groups excluding carboxylic acids is 2. The van der Waals surface area contributed by atoms with Crippen molar-refractivity contribution in [2.75, 3.05) is 13.2 Å². The average Bonchev–Trinajstić information content (AvgIpc) is 2.70. The molecule has 0 aliphatic heterocycles. The van der Waals surface area contributed by atoms with Crippen LogP contribution in [0.2, 0.25) is 0 Å². The maximum absolute atomic E-state index is 12.5. The first-order valence-corrected chi connectivity index (χ1v) is 9.68. The molecule has 2 atom stereocenters. The summed E-state index contributed by atoms with van der Waals surface area (Å²) in [6.07, 6.45) is 0.341. The van der Waals surface area contributed by atoms with Crippen molar-refractivity contribution in [1.82, 2.24) is 5.32 Å². The zero-order valence-electron chi connectivity index (χ0n) is 16.7. The van der Waals surface area contributed by atoms with Gasteiger partial charge in [0, 0.05) is 25.5 Å². The Morgan fingerprint density at radius 2 is 1.67 bits per heavy atom. The Labute approximate surface area is 174 Å². The van der Waals surface area contributed by atoms with E-state index in [-0.39, 0.29) is 49.7 Å². The highest BCUT2D eigenvalue weighted by molar-refractivity contribution is 5.84. The average molecular weight is 417 g/mol. The Morgan fingerprint density at radius 3 is 2.27 bits per heavy atom. The number of aromatic hydroxyl groups is 3. The summed E-state index contributed by atoms with van der Waals surface area (Å²) < 4.78 is 5.05. The number of phenolic OH excluding ortho intramolecular Hbond substituents is 3. The molecule has 8 nitrogen and oxygen atoms in total. The molecule has 0 aromatic heterocycles. The van der Waals surface area contributed by atoms with Crippen LogP contribution in [0.1, 0.15) is 24.5 Å². The molecule has 0 spiro atoms. The minimum Gasteiger partial charge on any atom is -0.508 e. The lowest BCUT2D eigenvalue weighted by molar-refractivity contribution is -0.147. The van der Waals surface area contributed by atoms with Gasteiger partial charge in [0.1, 0.15) is 23.3 Å². The van der Waals surface area contributed by atoms with Crippen LogP contribution in [0.4, 0.5) is 0 Å². The minimum absolute atomic E-state index is 0.0672. The normalized spacial score (nSPS) is 12.7. The summed E-state index contributed by atoms with van der Waals surface area (Å²) in [6.45, 7) is 1.54. The smallest absolute Gasteiger partial charge is 0.328 e. The van der Waals surface area contributed by atoms with Crippen LogP contribution < -0.4 is 5.32 Å². The maximum atomic E-state index is 12.5. The Balaban J connectivity index is 2.03. The Bertz CT molecular complexity index is 851. The van der Waals surface area contributed by atoms with Gasteiger partial charge in [0.2, 0.25) is 5.91 Å². The number of aliphatic hydroxyl groups is 1. The monoisotopic (exact) mass is 417 g/mol. The number of hydrogen-bond donors (Lipinski definition) is 5. The van der Waals surface area contributed by atoms with Crippen LogP contribution in [-0.4, -0.2) is 51.6 Å². The van der Waals surface area contributed by atoms with E-state index in [0.717, 1.165) is 5.56 Å². The van der Waals surface area contributed by atoms with Gasteiger partial charge >= 0.3 is 5.97 Å². The molecule has 0 radical (unpaired) electrons. The van der Waals surface area contributed by atoms with Crippen LogP contribution in [0.25, 0.3) is 0 Å². The number of nitrogens with one attached hydrogen (secondary N) is 1. The predicted molar refractivity (Wildman–Crippen MR) is 109 cm³/mol. The predicted octanol–water partition coefficient (Wildman–Crippen LogP) is 1.64. The number of ether oxygens (including phenoxy) is 1. The van der Waals surface area contributed by atoms with E-state index in [4.69, 9.17) is 4.74 Å². The molecule has 0 aliphatic rings. The fraction of sp³-hybridized carbons (Fsp3) is 0.364. The van der Waals surface area contributed by atoms with Crippen LogP contribution in [0.3, 0.4) is 0 Å². The summed E-state index contributed by atoms with van der Waals surface area (Å²) in [6, 6.07) is 9.50. The first kappa shape index (κ1) is 23.0. The molecule has 2 unspecified atom stereocenters. The third-order valence-electron chi connectivity index (χ3n) is 4.59. The van der Waals surface area contributed by atoms with E-state index < -0.39 is 23.8 Å². The van der Waals surface area contributed by atoms with E-state index in [9.17, 15) is 30.0 Å². The number of phenols is 3. The fourth-order valence-electron chi connectivity index (χ4n) is 3.06. The Morgan fingerprint density at radius 1 is 1.00 bits per heavy atom. The number of rotatable bonds is 10. The van der Waals surface area contributed by atoms with Crippen molar-refractivity contribution in [1.29, 1.82) is 0 Å². The van der Waals surface area contributed by atoms with E-state index in [2.05, 4.69) is 5.32 Å². The van der Waals surface area contributed by atoms with E-state index in [0.29, 0.717) is 5.56 Å². The van der Waals surface area contributed by atoms with Gasteiger partial charge in [0.25, 0.3) is 0 Å². The molecule has 0 fully saturated rings. The number of benzene rings is 2. The number of hydrogen-bond acceptors (Lipinski definition) is 7. The van der Waals surface area contributed by atoms with E-state index in [1.807, 2.05) is 0 Å². The molecule has 0 saturated heterocycles. The van der Waals surface area contributed by atoms with Crippen molar-refractivity contribution in [2.24, 2.45) is 5.92 Å². The highest BCUT2D eigenvalue weighted by Crippen LogP contribution is 2.25. The van der Waals surface area contributed by atoms with Crippen LogP contribution in [0, 0.1) is 5.92 Å². The highest BCUT2D eigenvalue weighted by Gasteiger charge is 2.24. The standard InChI is InChI=1S/C22H27NO7/c1-2-30-22(29)19(10-14-3-6-17(25)7-4-14)23-21(28)11-15(13-24)9-16-5-8-18(26)12-20(16)27/h3-8,12,15,19,24-27H,2,9-11,13H2,1H3,(H,23,28). The van der Waals surface area contributed by atoms with Crippen molar-refractivity contribution in [3.05, 3.63) is 53.6 Å². The number of carbonyl (C=O) groups is 2. The molecule has 2 rings (SSSR count). The molecular formula is C22H27NO7. The lowest BCUT2D eigenvalue weighted by Gasteiger charge is -2.20. The number of aliphatic hydroxyl groups excluding tert-OH is 1. The first-order valence-electron chi connectivity index (χ1n) is 9.68. The lowest BCUT2D eigenvalue weighted by Crippen LogP contribution is -2.44. The summed E-state index contributed by atoms with van der Waals surface area (Å²) in [5, 5.41) is 41.0. The van der Waals surface area contributed by atoms with Gasteiger partial charge in [0.15, 0.2) is 0 Å². The van der Waals surface area contributed by atoms with Crippen molar-refractivity contribution in [3.8, 4) is 17.2 Å². The van der Waals surface area contributed by atoms with E-state index in [1.54, 1.807) is 19.1 Å². The van der Waals surface area contributed by atoms with Crippen LogP contribution in [-0.2, 0) is 27.2 Å². The van der Waals surface area contributed by atoms with Gasteiger partial charge < -0.3 is 30.5 Å². The molecular weight excluding hydrogens is 390 g/mol. The van der Waals surface area contributed by atoms with Crippen LogP contribution in [0.15, 0.2) is 42.5 Å². The quantitative estimate of drug-likeness (QED) is 0.371. The van der Waals surface area contributed by atoms with Gasteiger partial charge in [-0.05, 0) is 48.6 Å². The second-order valence-corrected chi connectivity index (χ2v) is 7.01. The van der Waals surface area contributed by atoms with Gasteiger partial charge in [-0.3, -0.25) is 4.79 Å². The van der Waals surface area contributed by atoms with Gasteiger partial charge in [-0.2, -0.15) is 0 Å². The first-order chi connectivity index (χ1) is 14.3. The zero-order valence-corrected chi connectivity index (χ0v) is 16.7. The third kappa shape index (κ3) is 6.97. The van der Waals surface area contributed by atoms with Crippen LogP contribution >= 0.6 is 0 Å². The summed E-state index contributed by atoms with van der Waals surface area (Å²) in [7, 11) is 0. The third-order valence-corrected chi connectivity index (χ3v) is 4.59. The topological polar surface area (TPSA) is 136 Å². The molecule has 2 aromatic carbocycles. The van der Waals surface area contributed by atoms with Crippen molar-refractivity contribution < 1.29 is 34.8 Å². The molecule has 5 N–H and O–H groups in total. The Kier molecular flexibility index (Phi) is 8.49. The van der Waals surface area contributed by atoms with Gasteiger partial charge in [0.05, 0.1) is 6.61 Å². The largest absolute Gasteiger partial charge is 0.508 e. The lowest BCUT2D eigenvalue weighted by atomic mass is 9.95. The molecule has 0 heterocycles. The SMILES string of the molecule is CCOC(=O)C(Cc1ccc(O)cc1)NC(=O)CC(CO)Cc1ccc(O)cc1O. The number of amides is 1. The second-order valence-electron chi connectivity index (χ2n) is 7.01. The van der Waals surface area contributed by atoms with E-state index >= 15 is 0 Å². The minimum atomic E-state index is -0.914. The molecule has 8 heteroatoms. The summed E-state index contributed by atoms with van der Waals surface area (Å²) >= 11 is 0. The van der Waals surface area contributed by atoms with E-state index in [1.165, 1.54) is 30.3 Å². The van der Waals surface area contributed by atoms with Gasteiger partial charge in [-0.1, -0.05) is 18.2 Å². The summed E-state index contributed by atoms with van der Waals surface area (Å²) in [5.74, 6) is -1.61. The molecule has 0 saturated carbocycles. The molecule has 162 valence electrons. The van der Waals surface area contributed by atoms with Crippen molar-refractivity contribution in [3.63, 3.8) is 0 Å². The van der Waals surface area contributed by atoms with Crippen LogP contribution in [0.5, 0.6) is 17.2 Å². The molecule has 2 aromatic rings. The Hall–Kier alpha value is -3.26. The van der Waals surface area contributed by atoms with Gasteiger partial charge in [-0.25, -0.2) is 4.79 Å².